The van der Waals surface area contributed by atoms with Crippen LogP contribution >= 0.6 is 39.1 Å². The maximum Gasteiger partial charge on any atom is 0.0474 e. The average Bonchev–Trinajstić information content (AvgIpc) is 2.38. The first-order chi connectivity index (χ1) is 8.69. The minimum absolute atomic E-state index is 0.522. The molecule has 0 bridgehead atoms. The van der Waals surface area contributed by atoms with Crippen molar-refractivity contribution < 1.29 is 0 Å². The van der Waals surface area contributed by atoms with Gasteiger partial charge in [0.1, 0.15) is 0 Å². The number of halogens is 3. The molecule has 4 heteroatoms. The van der Waals surface area contributed by atoms with Crippen LogP contribution in [-0.4, -0.2) is 0 Å². The molecule has 2 aromatic carbocycles. The van der Waals surface area contributed by atoms with E-state index in [1.54, 1.807) is 0 Å². The fourth-order valence-electron chi connectivity index (χ4n) is 1.63. The van der Waals surface area contributed by atoms with E-state index < -0.39 is 0 Å². The van der Waals surface area contributed by atoms with Crippen molar-refractivity contribution >= 4 is 44.8 Å². The van der Waals surface area contributed by atoms with Gasteiger partial charge in [-0.2, -0.15) is 0 Å². The normalized spacial score (nSPS) is 10.4. The van der Waals surface area contributed by atoms with Gasteiger partial charge in [-0.3, -0.25) is 0 Å². The SMILES string of the molecule is ClCc1cccc(NCc2ccc(Br)cc2Cl)c1. The van der Waals surface area contributed by atoms with Gasteiger partial charge in [-0.1, -0.05) is 45.7 Å². The summed E-state index contributed by atoms with van der Waals surface area (Å²) in [5.41, 5.74) is 3.21. The van der Waals surface area contributed by atoms with Crippen molar-refractivity contribution in [1.29, 1.82) is 0 Å². The van der Waals surface area contributed by atoms with E-state index in [-0.39, 0.29) is 0 Å². The zero-order chi connectivity index (χ0) is 13.0. The molecular weight excluding hydrogens is 333 g/mol. The maximum atomic E-state index is 6.16. The van der Waals surface area contributed by atoms with Crippen LogP contribution in [-0.2, 0) is 12.4 Å². The van der Waals surface area contributed by atoms with E-state index in [0.29, 0.717) is 12.4 Å². The van der Waals surface area contributed by atoms with Crippen molar-refractivity contribution in [3.8, 4) is 0 Å². The third-order valence-electron chi connectivity index (χ3n) is 2.58. The number of hydrogen-bond acceptors (Lipinski definition) is 1. The highest BCUT2D eigenvalue weighted by Crippen LogP contribution is 2.22. The lowest BCUT2D eigenvalue weighted by atomic mass is 10.2. The highest BCUT2D eigenvalue weighted by atomic mass is 79.9. The first-order valence-corrected chi connectivity index (χ1v) is 7.22. The van der Waals surface area contributed by atoms with Gasteiger partial charge in [0.25, 0.3) is 0 Å². The van der Waals surface area contributed by atoms with Crippen molar-refractivity contribution in [3.05, 3.63) is 63.1 Å². The van der Waals surface area contributed by atoms with Gasteiger partial charge in [0, 0.05) is 27.6 Å². The molecule has 0 fully saturated rings. The van der Waals surface area contributed by atoms with Crippen LogP contribution in [0.15, 0.2) is 46.9 Å². The molecule has 0 aliphatic carbocycles. The molecule has 2 rings (SSSR count). The summed E-state index contributed by atoms with van der Waals surface area (Å²) in [6.07, 6.45) is 0. The lowest BCUT2D eigenvalue weighted by Crippen LogP contribution is -2.00. The van der Waals surface area contributed by atoms with E-state index in [1.807, 2.05) is 42.5 Å². The molecule has 0 spiro atoms. The Morgan fingerprint density at radius 3 is 2.67 bits per heavy atom. The molecule has 0 aliphatic rings. The summed E-state index contributed by atoms with van der Waals surface area (Å²) in [4.78, 5) is 0. The third kappa shape index (κ3) is 3.64. The highest BCUT2D eigenvalue weighted by Gasteiger charge is 2.01. The average molecular weight is 345 g/mol. The lowest BCUT2D eigenvalue weighted by Gasteiger charge is -2.09. The summed E-state index contributed by atoms with van der Waals surface area (Å²) in [5.74, 6) is 0.522. The highest BCUT2D eigenvalue weighted by molar-refractivity contribution is 9.10. The third-order valence-corrected chi connectivity index (χ3v) is 3.73. The van der Waals surface area contributed by atoms with Gasteiger partial charge in [0.2, 0.25) is 0 Å². The Bertz CT molecular complexity index is 543. The van der Waals surface area contributed by atoms with Gasteiger partial charge in [0.15, 0.2) is 0 Å². The van der Waals surface area contributed by atoms with Crippen molar-refractivity contribution in [2.24, 2.45) is 0 Å². The Morgan fingerprint density at radius 1 is 1.11 bits per heavy atom. The standard InChI is InChI=1S/C14H12BrCl2N/c15-12-5-4-11(14(17)7-12)9-18-13-3-1-2-10(6-13)8-16/h1-7,18H,8-9H2. The van der Waals surface area contributed by atoms with Gasteiger partial charge in [-0.15, -0.1) is 11.6 Å². The predicted octanol–water partition coefficient (Wildman–Crippen LogP) is 5.45. The summed E-state index contributed by atoms with van der Waals surface area (Å²) >= 11 is 15.4. The van der Waals surface area contributed by atoms with Crippen molar-refractivity contribution in [3.63, 3.8) is 0 Å². The van der Waals surface area contributed by atoms with Crippen molar-refractivity contribution in [2.75, 3.05) is 5.32 Å². The second kappa shape index (κ2) is 6.46. The number of anilines is 1. The molecular formula is C14H12BrCl2N. The van der Waals surface area contributed by atoms with Crippen LogP contribution in [0.3, 0.4) is 0 Å². The van der Waals surface area contributed by atoms with Crippen molar-refractivity contribution in [2.45, 2.75) is 12.4 Å². The Morgan fingerprint density at radius 2 is 1.94 bits per heavy atom. The zero-order valence-electron chi connectivity index (χ0n) is 9.59. The monoisotopic (exact) mass is 343 g/mol. The largest absolute Gasteiger partial charge is 0.381 e. The summed E-state index contributed by atoms with van der Waals surface area (Å²) in [5, 5.41) is 4.09. The molecule has 1 N–H and O–H groups in total. The Labute approximate surface area is 125 Å². The predicted molar refractivity (Wildman–Crippen MR) is 82.5 cm³/mol. The molecule has 94 valence electrons. The molecule has 0 aromatic heterocycles. The second-order valence-corrected chi connectivity index (χ2v) is 5.51. The van der Waals surface area contributed by atoms with E-state index >= 15 is 0 Å². The fourth-order valence-corrected chi connectivity index (χ4v) is 2.53. The number of nitrogens with one attached hydrogen (secondary N) is 1. The summed E-state index contributed by atoms with van der Waals surface area (Å²) in [7, 11) is 0. The van der Waals surface area contributed by atoms with Gasteiger partial charge >= 0.3 is 0 Å². The number of alkyl halides is 1. The van der Waals surface area contributed by atoms with Crippen LogP contribution in [0.2, 0.25) is 5.02 Å². The number of hydrogen-bond donors (Lipinski definition) is 1. The Hall–Kier alpha value is -0.700. The maximum absolute atomic E-state index is 6.16. The summed E-state index contributed by atoms with van der Waals surface area (Å²) < 4.78 is 0.986. The first-order valence-electron chi connectivity index (χ1n) is 5.52. The van der Waals surface area contributed by atoms with Crippen LogP contribution < -0.4 is 5.32 Å². The van der Waals surface area contributed by atoms with Crippen molar-refractivity contribution in [1.82, 2.24) is 0 Å². The van der Waals surface area contributed by atoms with Crippen LogP contribution in [0.1, 0.15) is 11.1 Å². The van der Waals surface area contributed by atoms with E-state index in [2.05, 4.69) is 21.2 Å². The van der Waals surface area contributed by atoms with Crippen LogP contribution in [0.25, 0.3) is 0 Å². The molecule has 1 nitrogen and oxygen atoms in total. The summed E-state index contributed by atoms with van der Waals surface area (Å²) in [6.45, 7) is 0.692. The first kappa shape index (κ1) is 13.7. The zero-order valence-corrected chi connectivity index (χ0v) is 12.7. The second-order valence-electron chi connectivity index (χ2n) is 3.92. The Kier molecular flexibility index (Phi) is 4.93. The van der Waals surface area contributed by atoms with Gasteiger partial charge in [-0.05, 0) is 35.4 Å². The Balaban J connectivity index is 2.06. The number of rotatable bonds is 4. The minimum atomic E-state index is 0.522. The quantitative estimate of drug-likeness (QED) is 0.727. The van der Waals surface area contributed by atoms with Crippen LogP contribution in [0.4, 0.5) is 5.69 Å². The molecule has 2 aromatic rings. The van der Waals surface area contributed by atoms with Crippen LogP contribution in [0, 0.1) is 0 Å². The molecule has 0 unspecified atom stereocenters. The van der Waals surface area contributed by atoms with E-state index in [0.717, 1.165) is 26.3 Å². The van der Waals surface area contributed by atoms with E-state index in [1.165, 1.54) is 0 Å². The molecule has 0 saturated carbocycles. The van der Waals surface area contributed by atoms with E-state index in [9.17, 15) is 0 Å². The molecule has 18 heavy (non-hydrogen) atoms. The fraction of sp³-hybridized carbons (Fsp3) is 0.143. The molecule has 0 radical (unpaired) electrons. The smallest absolute Gasteiger partial charge is 0.0474 e. The lowest BCUT2D eigenvalue weighted by molar-refractivity contribution is 1.14. The number of benzene rings is 2. The topological polar surface area (TPSA) is 12.0 Å². The minimum Gasteiger partial charge on any atom is -0.381 e. The van der Waals surface area contributed by atoms with E-state index in [4.69, 9.17) is 23.2 Å². The van der Waals surface area contributed by atoms with Gasteiger partial charge < -0.3 is 5.32 Å². The van der Waals surface area contributed by atoms with Gasteiger partial charge in [-0.25, -0.2) is 0 Å². The molecule has 0 amide bonds. The molecule has 0 aliphatic heterocycles. The summed E-state index contributed by atoms with van der Waals surface area (Å²) in [6, 6.07) is 13.9. The molecule has 0 atom stereocenters. The van der Waals surface area contributed by atoms with Gasteiger partial charge in [0.05, 0.1) is 0 Å². The molecule has 0 saturated heterocycles. The molecule has 0 heterocycles. The van der Waals surface area contributed by atoms with Crippen LogP contribution in [0.5, 0.6) is 0 Å².